The number of nitrogens with one attached hydrogen (secondary N) is 1. The molecule has 0 radical (unpaired) electrons. The molecule has 168 valence electrons. The lowest BCUT2D eigenvalue weighted by molar-refractivity contribution is -0.135. The van der Waals surface area contributed by atoms with Crippen molar-refractivity contribution < 1.29 is 19.8 Å². The smallest absolute Gasteiger partial charge is 0.336 e. The molecule has 0 aliphatic carbocycles. The molecule has 0 fully saturated rings. The molecule has 0 aliphatic rings. The van der Waals surface area contributed by atoms with Crippen molar-refractivity contribution >= 4 is 11.9 Å². The SMILES string of the molecule is CCCCC(=O)N(Cc1ccc(-c2ccccc2C(=O)O)cc1)C(CO)Cc1cnc[nH]1. The van der Waals surface area contributed by atoms with E-state index in [1.165, 1.54) is 0 Å². The van der Waals surface area contributed by atoms with E-state index in [0.29, 0.717) is 24.9 Å². The normalized spacial score (nSPS) is 11.8. The molecule has 0 aliphatic heterocycles. The molecule has 3 N–H and O–H groups in total. The number of aromatic amines is 1. The Morgan fingerprint density at radius 2 is 1.88 bits per heavy atom. The highest BCUT2D eigenvalue weighted by atomic mass is 16.4. The van der Waals surface area contributed by atoms with Crippen molar-refractivity contribution in [2.45, 2.75) is 45.2 Å². The second kappa shape index (κ2) is 11.2. The number of aliphatic hydroxyl groups excluding tert-OH is 1. The van der Waals surface area contributed by atoms with E-state index >= 15 is 0 Å². The van der Waals surface area contributed by atoms with Crippen LogP contribution >= 0.6 is 0 Å². The summed E-state index contributed by atoms with van der Waals surface area (Å²) in [6.07, 6.45) is 5.91. The van der Waals surface area contributed by atoms with Crippen LogP contribution < -0.4 is 0 Å². The second-order valence-corrected chi connectivity index (χ2v) is 7.79. The Labute approximate surface area is 187 Å². The molecule has 7 heteroatoms. The maximum Gasteiger partial charge on any atom is 0.336 e. The lowest BCUT2D eigenvalue weighted by atomic mass is 9.98. The van der Waals surface area contributed by atoms with Crippen molar-refractivity contribution in [3.05, 3.63) is 77.9 Å². The van der Waals surface area contributed by atoms with E-state index in [1.54, 1.807) is 35.6 Å². The third-order valence-electron chi connectivity index (χ3n) is 5.50. The average Bonchev–Trinajstić information content (AvgIpc) is 3.33. The van der Waals surface area contributed by atoms with Gasteiger partial charge in [-0.3, -0.25) is 4.79 Å². The highest BCUT2D eigenvalue weighted by molar-refractivity contribution is 5.96. The molecule has 0 saturated carbocycles. The summed E-state index contributed by atoms with van der Waals surface area (Å²) < 4.78 is 0. The summed E-state index contributed by atoms with van der Waals surface area (Å²) in [6, 6.07) is 14.1. The van der Waals surface area contributed by atoms with E-state index < -0.39 is 5.97 Å². The number of carboxylic acid groups (broad SMARTS) is 1. The number of rotatable bonds is 11. The van der Waals surface area contributed by atoms with Crippen molar-refractivity contribution in [1.29, 1.82) is 0 Å². The summed E-state index contributed by atoms with van der Waals surface area (Å²) in [7, 11) is 0. The molecule has 1 heterocycles. The minimum atomic E-state index is -0.970. The molecule has 0 saturated heterocycles. The Hall–Kier alpha value is -3.45. The fourth-order valence-corrected chi connectivity index (χ4v) is 3.72. The van der Waals surface area contributed by atoms with E-state index in [-0.39, 0.29) is 24.1 Å². The van der Waals surface area contributed by atoms with Gasteiger partial charge in [0.2, 0.25) is 5.91 Å². The Kier molecular flexibility index (Phi) is 8.16. The van der Waals surface area contributed by atoms with Crippen LogP contribution in [-0.2, 0) is 17.8 Å². The Balaban J connectivity index is 1.82. The maximum atomic E-state index is 13.0. The molecular formula is C25H29N3O4. The molecule has 7 nitrogen and oxygen atoms in total. The number of carbonyl (C=O) groups excluding carboxylic acids is 1. The standard InChI is InChI=1S/C25H29N3O4/c1-2-3-8-24(30)28(21(16-29)13-20-14-26-17-27-20)15-18-9-11-19(12-10-18)22-6-4-5-7-23(22)25(31)32/h4-7,9-12,14,17,21,29H,2-3,8,13,15-16H2,1H3,(H,26,27)(H,31,32). The lowest BCUT2D eigenvalue weighted by Crippen LogP contribution is -2.43. The molecule has 1 unspecified atom stereocenters. The first-order chi connectivity index (χ1) is 15.5. The number of aromatic nitrogens is 2. The number of H-pyrrole nitrogens is 1. The average molecular weight is 436 g/mol. The van der Waals surface area contributed by atoms with Crippen LogP contribution in [0.2, 0.25) is 0 Å². The minimum absolute atomic E-state index is 0.00529. The number of carbonyl (C=O) groups is 2. The van der Waals surface area contributed by atoms with E-state index in [2.05, 4.69) is 9.97 Å². The molecule has 0 spiro atoms. The Morgan fingerprint density at radius 1 is 1.12 bits per heavy atom. The summed E-state index contributed by atoms with van der Waals surface area (Å²) >= 11 is 0. The van der Waals surface area contributed by atoms with Crippen LogP contribution in [0.3, 0.4) is 0 Å². The van der Waals surface area contributed by atoms with Crippen LogP contribution in [0, 0.1) is 0 Å². The van der Waals surface area contributed by atoms with Gasteiger partial charge in [0.05, 0.1) is 24.5 Å². The van der Waals surface area contributed by atoms with Crippen molar-refractivity contribution in [1.82, 2.24) is 14.9 Å². The predicted octanol–water partition coefficient (Wildman–Crippen LogP) is 3.90. The van der Waals surface area contributed by atoms with Gasteiger partial charge >= 0.3 is 5.97 Å². The van der Waals surface area contributed by atoms with Gasteiger partial charge in [-0.2, -0.15) is 0 Å². The van der Waals surface area contributed by atoms with Crippen molar-refractivity contribution in [3.8, 4) is 11.1 Å². The molecule has 1 aromatic heterocycles. The quantitative estimate of drug-likeness (QED) is 0.424. The van der Waals surface area contributed by atoms with E-state index in [0.717, 1.165) is 29.7 Å². The number of unbranched alkanes of at least 4 members (excludes halogenated alkanes) is 1. The van der Waals surface area contributed by atoms with Crippen LogP contribution in [-0.4, -0.2) is 49.6 Å². The largest absolute Gasteiger partial charge is 0.478 e. The van der Waals surface area contributed by atoms with Crippen molar-refractivity contribution in [2.75, 3.05) is 6.61 Å². The van der Waals surface area contributed by atoms with E-state index in [4.69, 9.17) is 0 Å². The van der Waals surface area contributed by atoms with Crippen molar-refractivity contribution in [2.24, 2.45) is 0 Å². The number of benzene rings is 2. The number of imidazole rings is 1. The third-order valence-corrected chi connectivity index (χ3v) is 5.50. The summed E-state index contributed by atoms with van der Waals surface area (Å²) in [5.41, 5.74) is 3.46. The highest BCUT2D eigenvalue weighted by Gasteiger charge is 2.24. The molecule has 1 atom stereocenters. The Morgan fingerprint density at radius 3 is 2.50 bits per heavy atom. The summed E-state index contributed by atoms with van der Waals surface area (Å²) in [5.74, 6) is -0.965. The molecule has 1 amide bonds. The van der Waals surface area contributed by atoms with Crippen LogP contribution in [0.15, 0.2) is 61.1 Å². The molecule has 0 bridgehead atoms. The van der Waals surface area contributed by atoms with E-state index in [9.17, 15) is 19.8 Å². The van der Waals surface area contributed by atoms with Gasteiger partial charge in [-0.15, -0.1) is 0 Å². The number of amides is 1. The van der Waals surface area contributed by atoms with Gasteiger partial charge in [0.25, 0.3) is 0 Å². The fourth-order valence-electron chi connectivity index (χ4n) is 3.72. The van der Waals surface area contributed by atoms with Crippen molar-refractivity contribution in [3.63, 3.8) is 0 Å². The van der Waals surface area contributed by atoms with Gasteiger partial charge in [0.1, 0.15) is 0 Å². The number of hydrogen-bond acceptors (Lipinski definition) is 4. The number of nitrogens with zero attached hydrogens (tertiary/aromatic N) is 2. The topological polar surface area (TPSA) is 107 Å². The molecule has 3 rings (SSSR count). The fraction of sp³-hybridized carbons (Fsp3) is 0.320. The molecule has 32 heavy (non-hydrogen) atoms. The third kappa shape index (κ3) is 5.82. The van der Waals surface area contributed by atoms with Gasteiger partial charge in [0, 0.05) is 31.3 Å². The zero-order valence-corrected chi connectivity index (χ0v) is 18.2. The maximum absolute atomic E-state index is 13.0. The zero-order valence-electron chi connectivity index (χ0n) is 18.2. The van der Waals surface area contributed by atoms with Crippen LogP contribution in [0.5, 0.6) is 0 Å². The van der Waals surface area contributed by atoms with Gasteiger partial charge in [-0.25, -0.2) is 9.78 Å². The molecule has 3 aromatic rings. The monoisotopic (exact) mass is 435 g/mol. The zero-order chi connectivity index (χ0) is 22.9. The predicted molar refractivity (Wildman–Crippen MR) is 122 cm³/mol. The summed E-state index contributed by atoms with van der Waals surface area (Å²) in [6.45, 7) is 2.25. The second-order valence-electron chi connectivity index (χ2n) is 7.79. The molecule has 2 aromatic carbocycles. The first-order valence-electron chi connectivity index (χ1n) is 10.8. The minimum Gasteiger partial charge on any atom is -0.478 e. The highest BCUT2D eigenvalue weighted by Crippen LogP contribution is 2.25. The number of aromatic carboxylic acids is 1. The number of aliphatic hydroxyl groups is 1. The first kappa shape index (κ1) is 23.2. The van der Waals surface area contributed by atoms with E-state index in [1.807, 2.05) is 37.3 Å². The van der Waals surface area contributed by atoms with Gasteiger partial charge in [-0.1, -0.05) is 55.8 Å². The van der Waals surface area contributed by atoms with Crippen LogP contribution in [0.1, 0.15) is 47.8 Å². The Bertz CT molecular complexity index is 1020. The van der Waals surface area contributed by atoms with Crippen LogP contribution in [0.25, 0.3) is 11.1 Å². The van der Waals surface area contributed by atoms with Gasteiger partial charge < -0.3 is 20.1 Å². The first-order valence-corrected chi connectivity index (χ1v) is 10.8. The van der Waals surface area contributed by atoms with Crippen LogP contribution in [0.4, 0.5) is 0 Å². The summed E-state index contributed by atoms with van der Waals surface area (Å²) in [4.78, 5) is 33.3. The lowest BCUT2D eigenvalue weighted by Gasteiger charge is -2.31. The number of carboxylic acids is 1. The summed E-state index contributed by atoms with van der Waals surface area (Å²) in [5, 5.41) is 19.5. The molecular weight excluding hydrogens is 406 g/mol. The number of hydrogen-bond donors (Lipinski definition) is 3. The van der Waals surface area contributed by atoms with Gasteiger partial charge in [-0.05, 0) is 29.2 Å². The van der Waals surface area contributed by atoms with Gasteiger partial charge in [0.15, 0.2) is 0 Å².